The second-order valence-electron chi connectivity index (χ2n) is 3.84. The number of rotatable bonds is 1. The molecule has 0 unspecified atom stereocenters. The van der Waals surface area contributed by atoms with Crippen molar-refractivity contribution in [2.45, 2.75) is 6.10 Å². The van der Waals surface area contributed by atoms with E-state index in [0.29, 0.717) is 16.6 Å². The molecule has 1 saturated heterocycles. The largest absolute Gasteiger partial charge is 0.389 e. The predicted octanol–water partition coefficient (Wildman–Crippen LogP) is -0.294. The van der Waals surface area contributed by atoms with Crippen LogP contribution in [0, 0.1) is 0 Å². The molecule has 1 aromatic carbocycles. The fraction of sp³-hybridized carbons (Fsp3) is 0.300. The quantitative estimate of drug-likeness (QED) is 0.707. The van der Waals surface area contributed by atoms with Crippen LogP contribution in [0.5, 0.6) is 0 Å². The lowest BCUT2D eigenvalue weighted by atomic mass is 10.2. The summed E-state index contributed by atoms with van der Waals surface area (Å²) < 4.78 is 0. The monoisotopic (exact) mass is 234 g/mol. The van der Waals surface area contributed by atoms with E-state index in [9.17, 15) is 9.90 Å². The highest BCUT2D eigenvalue weighted by Crippen LogP contribution is 2.15. The van der Waals surface area contributed by atoms with Crippen LogP contribution >= 0.6 is 0 Å². The maximum absolute atomic E-state index is 12.0. The smallest absolute Gasteiger partial charge is 0.277 e. The molecule has 1 aromatic heterocycles. The standard InChI is InChI=1S/C10H10N4O3/c15-7-4-14(17-5-7)10(16)6-1-2-8-9(3-6)12-13-11-8/h1-3,7,15H,4-5H2,(H,11,12,13)/t7-/m0/s1. The Morgan fingerprint density at radius 3 is 3.06 bits per heavy atom. The van der Waals surface area contributed by atoms with Gasteiger partial charge < -0.3 is 5.11 Å². The van der Waals surface area contributed by atoms with Crippen LogP contribution in [0.15, 0.2) is 18.2 Å². The molecule has 0 aliphatic carbocycles. The van der Waals surface area contributed by atoms with Crippen molar-refractivity contribution in [1.29, 1.82) is 0 Å². The molecule has 1 atom stereocenters. The van der Waals surface area contributed by atoms with E-state index in [-0.39, 0.29) is 19.1 Å². The van der Waals surface area contributed by atoms with Crippen molar-refractivity contribution in [3.63, 3.8) is 0 Å². The van der Waals surface area contributed by atoms with Crippen LogP contribution in [-0.2, 0) is 4.84 Å². The minimum absolute atomic E-state index is 0.151. The average Bonchev–Trinajstić information content (AvgIpc) is 2.95. The van der Waals surface area contributed by atoms with E-state index in [1.54, 1.807) is 18.2 Å². The summed E-state index contributed by atoms with van der Waals surface area (Å²) in [5.41, 5.74) is 1.78. The van der Waals surface area contributed by atoms with Crippen LogP contribution < -0.4 is 0 Å². The first-order valence-electron chi connectivity index (χ1n) is 5.17. The van der Waals surface area contributed by atoms with Crippen LogP contribution in [0.1, 0.15) is 10.4 Å². The van der Waals surface area contributed by atoms with Gasteiger partial charge in [0.05, 0.1) is 6.54 Å². The molecule has 2 N–H and O–H groups in total. The van der Waals surface area contributed by atoms with E-state index in [2.05, 4.69) is 15.4 Å². The third-order valence-electron chi connectivity index (χ3n) is 2.59. The van der Waals surface area contributed by atoms with Crippen LogP contribution in [-0.4, -0.2) is 50.7 Å². The van der Waals surface area contributed by atoms with Crippen molar-refractivity contribution in [3.8, 4) is 0 Å². The first-order valence-corrected chi connectivity index (χ1v) is 5.17. The van der Waals surface area contributed by atoms with Gasteiger partial charge in [0.2, 0.25) is 0 Å². The summed E-state index contributed by atoms with van der Waals surface area (Å²) in [4.78, 5) is 17.1. The minimum Gasteiger partial charge on any atom is -0.389 e. The number of aromatic amines is 1. The Hall–Kier alpha value is -1.99. The molecule has 1 aliphatic heterocycles. The number of carbonyl (C=O) groups excluding carboxylic acids is 1. The highest BCUT2D eigenvalue weighted by molar-refractivity contribution is 5.96. The summed E-state index contributed by atoms with van der Waals surface area (Å²) in [5.74, 6) is -0.286. The summed E-state index contributed by atoms with van der Waals surface area (Å²) in [6.07, 6.45) is -0.616. The first-order chi connectivity index (χ1) is 8.24. The number of hydroxylamine groups is 2. The highest BCUT2D eigenvalue weighted by Gasteiger charge is 2.27. The van der Waals surface area contributed by atoms with Crippen LogP contribution in [0.4, 0.5) is 0 Å². The fourth-order valence-corrected chi connectivity index (χ4v) is 1.73. The molecular formula is C10H10N4O3. The lowest BCUT2D eigenvalue weighted by Crippen LogP contribution is -2.28. The van der Waals surface area contributed by atoms with Crippen molar-refractivity contribution in [2.24, 2.45) is 0 Å². The number of carbonyl (C=O) groups is 1. The maximum atomic E-state index is 12.0. The van der Waals surface area contributed by atoms with Gasteiger partial charge in [-0.2, -0.15) is 15.4 Å². The predicted molar refractivity (Wildman–Crippen MR) is 56.9 cm³/mol. The third kappa shape index (κ3) is 1.75. The molecule has 1 aliphatic rings. The van der Waals surface area contributed by atoms with E-state index >= 15 is 0 Å². The molecule has 1 fully saturated rings. The number of fused-ring (bicyclic) bond motifs is 1. The number of nitrogens with one attached hydrogen (secondary N) is 1. The Kier molecular flexibility index (Phi) is 2.27. The molecular weight excluding hydrogens is 224 g/mol. The molecule has 0 saturated carbocycles. The van der Waals surface area contributed by atoms with Gasteiger partial charge in [-0.15, -0.1) is 0 Å². The van der Waals surface area contributed by atoms with Gasteiger partial charge in [0, 0.05) is 5.56 Å². The normalized spacial score (nSPS) is 20.1. The van der Waals surface area contributed by atoms with Gasteiger partial charge in [0.1, 0.15) is 23.7 Å². The number of β-amino-alcohol motifs (C(OH)–C–C–N with tert-alkyl or cyclic N) is 1. The molecule has 1 amide bonds. The zero-order valence-electron chi connectivity index (χ0n) is 8.83. The molecule has 88 valence electrons. The minimum atomic E-state index is -0.616. The van der Waals surface area contributed by atoms with Crippen LogP contribution in [0.25, 0.3) is 11.0 Å². The number of hydrogen-bond donors (Lipinski definition) is 2. The van der Waals surface area contributed by atoms with Gasteiger partial charge in [-0.1, -0.05) is 0 Å². The molecule has 17 heavy (non-hydrogen) atoms. The molecule has 7 heteroatoms. The van der Waals surface area contributed by atoms with E-state index in [1.807, 2.05) is 0 Å². The molecule has 0 bridgehead atoms. The van der Waals surface area contributed by atoms with Crippen molar-refractivity contribution in [1.82, 2.24) is 20.5 Å². The van der Waals surface area contributed by atoms with Gasteiger partial charge in [-0.3, -0.25) is 9.63 Å². The van der Waals surface area contributed by atoms with Crippen molar-refractivity contribution in [2.75, 3.05) is 13.2 Å². The summed E-state index contributed by atoms with van der Waals surface area (Å²) in [6, 6.07) is 5.00. The first kappa shape index (κ1) is 10.2. The summed E-state index contributed by atoms with van der Waals surface area (Å²) in [6.45, 7) is 0.341. The van der Waals surface area contributed by atoms with Crippen LogP contribution in [0.2, 0.25) is 0 Å². The lowest BCUT2D eigenvalue weighted by molar-refractivity contribution is -0.0779. The van der Waals surface area contributed by atoms with Crippen molar-refractivity contribution in [3.05, 3.63) is 23.8 Å². The Bertz CT molecular complexity index is 567. The van der Waals surface area contributed by atoms with E-state index in [4.69, 9.17) is 4.84 Å². The third-order valence-corrected chi connectivity index (χ3v) is 2.59. The number of hydrogen-bond acceptors (Lipinski definition) is 5. The number of aromatic nitrogens is 3. The molecule has 0 radical (unpaired) electrons. The Morgan fingerprint density at radius 2 is 2.29 bits per heavy atom. The van der Waals surface area contributed by atoms with E-state index < -0.39 is 6.10 Å². The summed E-state index contributed by atoms with van der Waals surface area (Å²) >= 11 is 0. The number of aliphatic hydroxyl groups is 1. The molecule has 0 spiro atoms. The lowest BCUT2D eigenvalue weighted by Gasteiger charge is -2.13. The molecule has 3 rings (SSSR count). The topological polar surface area (TPSA) is 91.3 Å². The van der Waals surface area contributed by atoms with Crippen molar-refractivity contribution < 1.29 is 14.7 Å². The van der Waals surface area contributed by atoms with Gasteiger partial charge >= 0.3 is 0 Å². The summed E-state index contributed by atoms with van der Waals surface area (Å²) in [7, 11) is 0. The Balaban J connectivity index is 1.89. The van der Waals surface area contributed by atoms with Gasteiger partial charge in [0.15, 0.2) is 0 Å². The number of aliphatic hydroxyl groups excluding tert-OH is 1. The van der Waals surface area contributed by atoms with Crippen molar-refractivity contribution >= 4 is 16.9 Å². The van der Waals surface area contributed by atoms with Gasteiger partial charge in [0.25, 0.3) is 5.91 Å². The Labute approximate surface area is 95.9 Å². The zero-order valence-corrected chi connectivity index (χ0v) is 8.83. The SMILES string of the molecule is O=C(c1ccc2n[nH]nc2c1)N1C[C@H](O)CO1. The Morgan fingerprint density at radius 1 is 1.47 bits per heavy atom. The second-order valence-corrected chi connectivity index (χ2v) is 3.84. The molecule has 2 aromatic rings. The number of nitrogens with zero attached hydrogens (tertiary/aromatic N) is 3. The average molecular weight is 234 g/mol. The number of H-pyrrole nitrogens is 1. The molecule has 7 nitrogen and oxygen atoms in total. The van der Waals surface area contributed by atoms with E-state index in [1.165, 1.54) is 0 Å². The second kappa shape index (κ2) is 3.79. The molecule has 2 heterocycles. The zero-order chi connectivity index (χ0) is 11.8. The highest BCUT2D eigenvalue weighted by atomic mass is 16.7. The van der Waals surface area contributed by atoms with E-state index in [0.717, 1.165) is 5.06 Å². The number of amides is 1. The maximum Gasteiger partial charge on any atom is 0.277 e. The van der Waals surface area contributed by atoms with Crippen LogP contribution in [0.3, 0.4) is 0 Å². The van der Waals surface area contributed by atoms with Gasteiger partial charge in [-0.25, -0.2) is 5.06 Å². The van der Waals surface area contributed by atoms with Gasteiger partial charge in [-0.05, 0) is 18.2 Å². The fourth-order valence-electron chi connectivity index (χ4n) is 1.73. The summed E-state index contributed by atoms with van der Waals surface area (Å²) in [5, 5.41) is 20.7. The number of benzene rings is 1.